The number of rotatable bonds is 4. The number of anilines is 1. The molecule has 0 saturated carbocycles. The van der Waals surface area contributed by atoms with Crippen LogP contribution < -0.4 is 9.64 Å². The van der Waals surface area contributed by atoms with Gasteiger partial charge in [0.05, 0.1) is 23.4 Å². The van der Waals surface area contributed by atoms with Gasteiger partial charge in [-0.15, -0.1) is 0 Å². The molecule has 2 aliphatic rings. The standard InChI is InChI=1S/C23H22Cl2N2O3/c1-14-9-11-26(12-10-14)21-20(16-8-7-15(24)13-17(16)25)22(28)27(23(21)29)18-5-3-4-6-19(18)30-2/h3-8,13-14H,9-12H2,1-2H3. The van der Waals surface area contributed by atoms with Crippen LogP contribution in [-0.2, 0) is 9.59 Å². The van der Waals surface area contributed by atoms with E-state index in [1.165, 1.54) is 12.0 Å². The molecule has 0 aliphatic carbocycles. The van der Waals surface area contributed by atoms with Crippen molar-refractivity contribution in [1.29, 1.82) is 0 Å². The molecule has 156 valence electrons. The van der Waals surface area contributed by atoms with Crippen molar-refractivity contribution in [3.05, 3.63) is 63.8 Å². The molecule has 0 aromatic heterocycles. The molecule has 0 spiro atoms. The lowest BCUT2D eigenvalue weighted by Crippen LogP contribution is -2.38. The van der Waals surface area contributed by atoms with E-state index in [4.69, 9.17) is 27.9 Å². The van der Waals surface area contributed by atoms with E-state index in [0.717, 1.165) is 12.8 Å². The summed E-state index contributed by atoms with van der Waals surface area (Å²) < 4.78 is 5.41. The fourth-order valence-electron chi connectivity index (χ4n) is 4.01. The summed E-state index contributed by atoms with van der Waals surface area (Å²) >= 11 is 12.5. The number of halogens is 2. The number of carbonyl (C=O) groups is 2. The van der Waals surface area contributed by atoms with Crippen LogP contribution in [0.2, 0.25) is 10.0 Å². The number of methoxy groups -OCH3 is 1. The van der Waals surface area contributed by atoms with E-state index >= 15 is 0 Å². The normalized spacial score (nSPS) is 17.9. The van der Waals surface area contributed by atoms with E-state index in [1.54, 1.807) is 42.5 Å². The molecule has 0 bridgehead atoms. The van der Waals surface area contributed by atoms with Gasteiger partial charge in [0.25, 0.3) is 11.8 Å². The largest absolute Gasteiger partial charge is 0.495 e. The lowest BCUT2D eigenvalue weighted by Gasteiger charge is -2.32. The molecule has 1 saturated heterocycles. The third kappa shape index (κ3) is 3.57. The zero-order chi connectivity index (χ0) is 21.4. The number of hydrogen-bond donors (Lipinski definition) is 0. The predicted octanol–water partition coefficient (Wildman–Crippen LogP) is 5.02. The van der Waals surface area contributed by atoms with Gasteiger partial charge >= 0.3 is 0 Å². The third-order valence-electron chi connectivity index (χ3n) is 5.69. The molecule has 7 heteroatoms. The fourth-order valence-corrected chi connectivity index (χ4v) is 4.52. The molecule has 30 heavy (non-hydrogen) atoms. The van der Waals surface area contributed by atoms with Crippen LogP contribution in [0.3, 0.4) is 0 Å². The first kappa shape index (κ1) is 20.8. The summed E-state index contributed by atoms with van der Waals surface area (Å²) in [6.45, 7) is 3.62. The topological polar surface area (TPSA) is 49.9 Å². The average molecular weight is 445 g/mol. The van der Waals surface area contributed by atoms with Gasteiger partial charge in [0.2, 0.25) is 0 Å². The van der Waals surface area contributed by atoms with Crippen molar-refractivity contribution in [2.24, 2.45) is 5.92 Å². The van der Waals surface area contributed by atoms with Gasteiger partial charge < -0.3 is 9.64 Å². The first-order chi connectivity index (χ1) is 14.4. The summed E-state index contributed by atoms with van der Waals surface area (Å²) in [5.41, 5.74) is 1.62. The van der Waals surface area contributed by atoms with Crippen molar-refractivity contribution < 1.29 is 14.3 Å². The smallest absolute Gasteiger partial charge is 0.282 e. The lowest BCUT2D eigenvalue weighted by molar-refractivity contribution is -0.120. The molecular formula is C23H22Cl2N2O3. The molecule has 2 aromatic rings. The van der Waals surface area contributed by atoms with Gasteiger partial charge in [-0.3, -0.25) is 9.59 Å². The first-order valence-corrected chi connectivity index (χ1v) is 10.6. The quantitative estimate of drug-likeness (QED) is 0.621. The molecule has 5 nitrogen and oxygen atoms in total. The minimum atomic E-state index is -0.414. The number of hydrogen-bond acceptors (Lipinski definition) is 4. The Bertz CT molecular complexity index is 1040. The fraction of sp³-hybridized carbons (Fsp3) is 0.304. The molecule has 1 fully saturated rings. The molecular weight excluding hydrogens is 423 g/mol. The number of piperidine rings is 1. The van der Waals surface area contributed by atoms with E-state index in [0.29, 0.717) is 57.3 Å². The number of imide groups is 1. The second-order valence-electron chi connectivity index (χ2n) is 7.63. The number of benzene rings is 2. The van der Waals surface area contributed by atoms with Gasteiger partial charge in [0, 0.05) is 23.7 Å². The Labute approximate surface area is 185 Å². The van der Waals surface area contributed by atoms with Crippen molar-refractivity contribution in [2.75, 3.05) is 25.1 Å². The van der Waals surface area contributed by atoms with E-state index < -0.39 is 5.91 Å². The zero-order valence-corrected chi connectivity index (χ0v) is 18.3. The molecule has 2 aliphatic heterocycles. The summed E-state index contributed by atoms with van der Waals surface area (Å²) in [6, 6.07) is 12.0. The highest BCUT2D eigenvalue weighted by atomic mass is 35.5. The third-order valence-corrected chi connectivity index (χ3v) is 6.23. The zero-order valence-electron chi connectivity index (χ0n) is 16.8. The number of para-hydroxylation sites is 2. The van der Waals surface area contributed by atoms with Gasteiger partial charge in [0.1, 0.15) is 11.4 Å². The van der Waals surface area contributed by atoms with Crippen molar-refractivity contribution in [3.8, 4) is 5.75 Å². The van der Waals surface area contributed by atoms with Gasteiger partial charge in [0.15, 0.2) is 0 Å². The molecule has 0 atom stereocenters. The van der Waals surface area contributed by atoms with Crippen LogP contribution in [0.15, 0.2) is 48.2 Å². The summed E-state index contributed by atoms with van der Waals surface area (Å²) in [7, 11) is 1.52. The Morgan fingerprint density at radius 1 is 1.00 bits per heavy atom. The van der Waals surface area contributed by atoms with Crippen LogP contribution in [-0.4, -0.2) is 36.9 Å². The maximum Gasteiger partial charge on any atom is 0.282 e. The SMILES string of the molecule is COc1ccccc1N1C(=O)C(c2ccc(Cl)cc2Cl)=C(N2CCC(C)CC2)C1=O. The highest BCUT2D eigenvalue weighted by Gasteiger charge is 2.44. The Hall–Kier alpha value is -2.50. The van der Waals surface area contributed by atoms with Crippen molar-refractivity contribution in [2.45, 2.75) is 19.8 Å². The second-order valence-corrected chi connectivity index (χ2v) is 8.48. The molecule has 4 rings (SSSR count). The minimum absolute atomic E-state index is 0.308. The Morgan fingerprint density at radius 2 is 1.70 bits per heavy atom. The molecule has 2 aromatic carbocycles. The van der Waals surface area contributed by atoms with Crippen LogP contribution in [0.25, 0.3) is 5.57 Å². The van der Waals surface area contributed by atoms with Crippen molar-refractivity contribution in [1.82, 2.24) is 4.90 Å². The second kappa shape index (κ2) is 8.32. The van der Waals surface area contributed by atoms with Gasteiger partial charge in [-0.1, -0.05) is 48.3 Å². The summed E-state index contributed by atoms with van der Waals surface area (Å²) in [5, 5.41) is 0.805. The van der Waals surface area contributed by atoms with E-state index in [-0.39, 0.29) is 5.91 Å². The summed E-state index contributed by atoms with van der Waals surface area (Å²) in [4.78, 5) is 30.4. The average Bonchev–Trinajstić information content (AvgIpc) is 2.99. The Balaban J connectivity index is 1.86. The van der Waals surface area contributed by atoms with E-state index in [9.17, 15) is 9.59 Å². The van der Waals surface area contributed by atoms with Gasteiger partial charge in [-0.2, -0.15) is 0 Å². The number of carbonyl (C=O) groups excluding carboxylic acids is 2. The maximum absolute atomic E-state index is 13.6. The van der Waals surface area contributed by atoms with Crippen LogP contribution in [0, 0.1) is 5.92 Å². The van der Waals surface area contributed by atoms with Crippen molar-refractivity contribution >= 4 is 46.3 Å². The lowest BCUT2D eigenvalue weighted by atomic mass is 9.97. The Morgan fingerprint density at radius 3 is 2.37 bits per heavy atom. The monoisotopic (exact) mass is 444 g/mol. The van der Waals surface area contributed by atoms with Crippen LogP contribution in [0.5, 0.6) is 5.75 Å². The number of ether oxygens (including phenoxy) is 1. The number of amides is 2. The van der Waals surface area contributed by atoms with Crippen molar-refractivity contribution in [3.63, 3.8) is 0 Å². The molecule has 0 N–H and O–H groups in total. The molecule has 2 heterocycles. The maximum atomic E-state index is 13.6. The number of nitrogens with zero attached hydrogens (tertiary/aromatic N) is 2. The summed E-state index contributed by atoms with van der Waals surface area (Å²) in [6.07, 6.45) is 1.92. The molecule has 0 radical (unpaired) electrons. The van der Waals surface area contributed by atoms with Crippen LogP contribution in [0.4, 0.5) is 5.69 Å². The first-order valence-electron chi connectivity index (χ1n) is 9.88. The highest BCUT2D eigenvalue weighted by molar-refractivity contribution is 6.47. The minimum Gasteiger partial charge on any atom is -0.495 e. The van der Waals surface area contributed by atoms with Gasteiger partial charge in [-0.05, 0) is 43.0 Å². The van der Waals surface area contributed by atoms with Crippen LogP contribution in [0.1, 0.15) is 25.3 Å². The highest BCUT2D eigenvalue weighted by Crippen LogP contribution is 2.41. The molecule has 0 unspecified atom stereocenters. The Kier molecular flexibility index (Phi) is 5.76. The predicted molar refractivity (Wildman–Crippen MR) is 119 cm³/mol. The summed E-state index contributed by atoms with van der Waals surface area (Å²) in [5.74, 6) is 0.263. The van der Waals surface area contributed by atoms with Gasteiger partial charge in [-0.25, -0.2) is 4.90 Å². The van der Waals surface area contributed by atoms with E-state index in [2.05, 4.69) is 6.92 Å². The molecule has 2 amide bonds. The van der Waals surface area contributed by atoms with Crippen LogP contribution >= 0.6 is 23.2 Å². The van der Waals surface area contributed by atoms with E-state index in [1.807, 2.05) is 4.90 Å². The number of likely N-dealkylation sites (tertiary alicyclic amines) is 1.